The van der Waals surface area contributed by atoms with Crippen LogP contribution in [0.5, 0.6) is 0 Å². The molecule has 0 fully saturated rings. The van der Waals surface area contributed by atoms with Gasteiger partial charge in [0.15, 0.2) is 0 Å². The fourth-order valence-corrected chi connectivity index (χ4v) is 2.36. The Morgan fingerprint density at radius 2 is 1.85 bits per heavy atom. The molecular formula is C15H11F2NO2. The molecule has 1 amide bonds. The number of nitrogens with one attached hydrogen (secondary N) is 1. The summed E-state index contributed by atoms with van der Waals surface area (Å²) in [5.41, 5.74) is 1.34. The van der Waals surface area contributed by atoms with Crippen molar-refractivity contribution in [2.24, 2.45) is 0 Å². The van der Waals surface area contributed by atoms with E-state index in [1.807, 2.05) is 0 Å². The summed E-state index contributed by atoms with van der Waals surface area (Å²) >= 11 is 0. The summed E-state index contributed by atoms with van der Waals surface area (Å²) in [6.07, 6.45) is -1.20. The van der Waals surface area contributed by atoms with Gasteiger partial charge in [-0.1, -0.05) is 18.2 Å². The highest BCUT2D eigenvalue weighted by atomic mass is 19.1. The fourth-order valence-electron chi connectivity index (χ4n) is 2.36. The van der Waals surface area contributed by atoms with Crippen molar-refractivity contribution in [2.45, 2.75) is 12.5 Å². The number of hydrogen-bond acceptors (Lipinski definition) is 2. The standard InChI is InChI=1S/C15H11F2NO2/c16-10-2-1-3-11(17)14(10)15(20)8-4-5-12-9(6-8)7-13(19)18-12/h1-6,15,20H,7H2,(H,18,19). The van der Waals surface area contributed by atoms with Gasteiger partial charge in [-0.05, 0) is 29.3 Å². The largest absolute Gasteiger partial charge is 0.383 e. The van der Waals surface area contributed by atoms with Gasteiger partial charge in [-0.15, -0.1) is 0 Å². The highest BCUT2D eigenvalue weighted by Crippen LogP contribution is 2.31. The molecule has 1 unspecified atom stereocenters. The van der Waals surface area contributed by atoms with Gasteiger partial charge in [0.1, 0.15) is 17.7 Å². The quantitative estimate of drug-likeness (QED) is 0.885. The lowest BCUT2D eigenvalue weighted by Crippen LogP contribution is -2.06. The minimum absolute atomic E-state index is 0.135. The van der Waals surface area contributed by atoms with Crippen molar-refractivity contribution in [1.82, 2.24) is 0 Å². The predicted molar refractivity (Wildman–Crippen MR) is 69.2 cm³/mol. The van der Waals surface area contributed by atoms with E-state index in [9.17, 15) is 18.7 Å². The van der Waals surface area contributed by atoms with Crippen LogP contribution in [-0.2, 0) is 11.2 Å². The molecule has 2 aromatic carbocycles. The zero-order chi connectivity index (χ0) is 14.3. The van der Waals surface area contributed by atoms with E-state index in [2.05, 4.69) is 5.32 Å². The first-order valence-corrected chi connectivity index (χ1v) is 6.11. The van der Waals surface area contributed by atoms with Gasteiger partial charge >= 0.3 is 0 Å². The summed E-state index contributed by atoms with van der Waals surface area (Å²) in [4.78, 5) is 11.3. The Morgan fingerprint density at radius 1 is 1.15 bits per heavy atom. The molecule has 2 N–H and O–H groups in total. The van der Waals surface area contributed by atoms with Crippen LogP contribution >= 0.6 is 0 Å². The first kappa shape index (κ1) is 12.7. The predicted octanol–water partition coefficient (Wildman–Crippen LogP) is 2.54. The van der Waals surface area contributed by atoms with E-state index in [0.717, 1.165) is 12.1 Å². The molecule has 3 nitrogen and oxygen atoms in total. The first-order valence-electron chi connectivity index (χ1n) is 6.11. The van der Waals surface area contributed by atoms with E-state index in [1.54, 1.807) is 18.2 Å². The van der Waals surface area contributed by atoms with Crippen molar-refractivity contribution in [3.8, 4) is 0 Å². The van der Waals surface area contributed by atoms with Crippen LogP contribution in [0.2, 0.25) is 0 Å². The summed E-state index contributed by atoms with van der Waals surface area (Å²) in [5, 5.41) is 12.8. The maximum Gasteiger partial charge on any atom is 0.228 e. The Labute approximate surface area is 113 Å². The zero-order valence-corrected chi connectivity index (χ0v) is 10.4. The molecule has 1 atom stereocenters. The van der Waals surface area contributed by atoms with Crippen LogP contribution in [0.3, 0.4) is 0 Å². The van der Waals surface area contributed by atoms with E-state index in [1.165, 1.54) is 6.07 Å². The number of benzene rings is 2. The van der Waals surface area contributed by atoms with Crippen LogP contribution in [0.25, 0.3) is 0 Å². The number of rotatable bonds is 2. The third-order valence-corrected chi connectivity index (χ3v) is 3.34. The Kier molecular flexibility index (Phi) is 2.99. The topological polar surface area (TPSA) is 49.3 Å². The Bertz CT molecular complexity index is 680. The average molecular weight is 275 g/mol. The number of fused-ring (bicyclic) bond motifs is 1. The van der Waals surface area contributed by atoms with Crippen LogP contribution in [0.4, 0.5) is 14.5 Å². The lowest BCUT2D eigenvalue weighted by molar-refractivity contribution is -0.115. The minimum atomic E-state index is -1.41. The number of amides is 1. The van der Waals surface area contributed by atoms with E-state index < -0.39 is 17.7 Å². The lowest BCUT2D eigenvalue weighted by Gasteiger charge is -2.14. The van der Waals surface area contributed by atoms with Gasteiger partial charge in [0.05, 0.1) is 12.0 Å². The number of anilines is 1. The molecule has 3 rings (SSSR count). The summed E-state index contributed by atoms with van der Waals surface area (Å²) in [6, 6.07) is 8.19. The zero-order valence-electron chi connectivity index (χ0n) is 10.4. The van der Waals surface area contributed by atoms with Gasteiger partial charge in [0, 0.05) is 5.69 Å². The third-order valence-electron chi connectivity index (χ3n) is 3.34. The second-order valence-electron chi connectivity index (χ2n) is 4.68. The molecule has 20 heavy (non-hydrogen) atoms. The molecule has 0 saturated heterocycles. The highest BCUT2D eigenvalue weighted by Gasteiger charge is 2.23. The van der Waals surface area contributed by atoms with E-state index in [4.69, 9.17) is 0 Å². The van der Waals surface area contributed by atoms with Gasteiger partial charge in [-0.2, -0.15) is 0 Å². The summed E-state index contributed by atoms with van der Waals surface area (Å²) < 4.78 is 27.3. The molecule has 1 aliphatic heterocycles. The molecule has 5 heteroatoms. The fraction of sp³-hybridized carbons (Fsp3) is 0.133. The lowest BCUT2D eigenvalue weighted by atomic mass is 9.98. The molecule has 0 aromatic heterocycles. The van der Waals surface area contributed by atoms with Crippen LogP contribution in [0, 0.1) is 11.6 Å². The van der Waals surface area contributed by atoms with Gasteiger partial charge in [-0.3, -0.25) is 4.79 Å². The van der Waals surface area contributed by atoms with Crippen LogP contribution in [0.1, 0.15) is 22.8 Å². The molecular weight excluding hydrogens is 264 g/mol. The van der Waals surface area contributed by atoms with Crippen molar-refractivity contribution in [3.05, 3.63) is 64.7 Å². The van der Waals surface area contributed by atoms with Gasteiger partial charge in [0.25, 0.3) is 0 Å². The Balaban J connectivity index is 2.02. The van der Waals surface area contributed by atoms with E-state index >= 15 is 0 Å². The molecule has 0 spiro atoms. The molecule has 0 bridgehead atoms. The average Bonchev–Trinajstić information content (AvgIpc) is 2.77. The Morgan fingerprint density at radius 3 is 2.55 bits per heavy atom. The molecule has 0 saturated carbocycles. The monoisotopic (exact) mass is 275 g/mol. The molecule has 0 aliphatic carbocycles. The number of halogens is 2. The van der Waals surface area contributed by atoms with Crippen LogP contribution in [0.15, 0.2) is 36.4 Å². The molecule has 102 valence electrons. The van der Waals surface area contributed by atoms with Crippen molar-refractivity contribution in [2.75, 3.05) is 5.32 Å². The number of aliphatic hydroxyl groups is 1. The maximum atomic E-state index is 13.7. The van der Waals surface area contributed by atoms with Gasteiger partial charge < -0.3 is 10.4 Å². The molecule has 2 aromatic rings. The number of carbonyl (C=O) groups excluding carboxylic acids is 1. The van der Waals surface area contributed by atoms with E-state index in [-0.39, 0.29) is 17.9 Å². The minimum Gasteiger partial charge on any atom is -0.383 e. The van der Waals surface area contributed by atoms with Crippen molar-refractivity contribution >= 4 is 11.6 Å². The van der Waals surface area contributed by atoms with Crippen molar-refractivity contribution in [1.29, 1.82) is 0 Å². The van der Waals surface area contributed by atoms with Crippen molar-refractivity contribution in [3.63, 3.8) is 0 Å². The second-order valence-corrected chi connectivity index (χ2v) is 4.68. The molecule has 0 radical (unpaired) electrons. The van der Waals surface area contributed by atoms with Crippen LogP contribution < -0.4 is 5.32 Å². The van der Waals surface area contributed by atoms with Crippen molar-refractivity contribution < 1.29 is 18.7 Å². The SMILES string of the molecule is O=C1Cc2cc(C(O)c3c(F)cccc3F)ccc2N1. The molecule has 1 aliphatic rings. The molecule has 1 heterocycles. The first-order chi connectivity index (χ1) is 9.56. The normalized spacial score (nSPS) is 14.8. The summed E-state index contributed by atoms with van der Waals surface area (Å²) in [6.45, 7) is 0. The Hall–Kier alpha value is -2.27. The smallest absolute Gasteiger partial charge is 0.228 e. The summed E-state index contributed by atoms with van der Waals surface area (Å²) in [7, 11) is 0. The maximum absolute atomic E-state index is 13.7. The second kappa shape index (κ2) is 4.68. The summed E-state index contributed by atoms with van der Waals surface area (Å²) in [5.74, 6) is -1.73. The number of aliphatic hydroxyl groups excluding tert-OH is 1. The van der Waals surface area contributed by atoms with Crippen LogP contribution in [-0.4, -0.2) is 11.0 Å². The highest BCUT2D eigenvalue weighted by molar-refractivity contribution is 5.99. The van der Waals surface area contributed by atoms with Gasteiger partial charge in [0.2, 0.25) is 5.91 Å². The third kappa shape index (κ3) is 2.06. The number of hydrogen-bond donors (Lipinski definition) is 2. The van der Waals surface area contributed by atoms with E-state index in [0.29, 0.717) is 16.8 Å². The number of carbonyl (C=O) groups is 1. The van der Waals surface area contributed by atoms with Gasteiger partial charge in [-0.25, -0.2) is 8.78 Å².